The summed E-state index contributed by atoms with van der Waals surface area (Å²) in [5, 5.41) is 2.72. The number of hydrogen-bond donors (Lipinski definition) is 1. The lowest BCUT2D eigenvalue weighted by Crippen LogP contribution is -2.24. The minimum atomic E-state index is -0.262. The normalized spacial score (nSPS) is 21.9. The minimum absolute atomic E-state index is 0.0715. The van der Waals surface area contributed by atoms with Crippen molar-refractivity contribution in [2.24, 2.45) is 0 Å². The highest BCUT2D eigenvalue weighted by atomic mass is 19.1. The van der Waals surface area contributed by atoms with Crippen LogP contribution in [0.3, 0.4) is 0 Å². The van der Waals surface area contributed by atoms with Gasteiger partial charge in [0.05, 0.1) is 6.10 Å². The Morgan fingerprint density at radius 2 is 2.07 bits per heavy atom. The summed E-state index contributed by atoms with van der Waals surface area (Å²) in [7, 11) is 0. The van der Waals surface area contributed by atoms with Gasteiger partial charge in [-0.1, -0.05) is 12.1 Å². The van der Waals surface area contributed by atoms with E-state index in [1.807, 2.05) is 0 Å². The Hall–Kier alpha value is -1.42. The molecule has 1 aliphatic heterocycles. The van der Waals surface area contributed by atoms with E-state index in [1.54, 1.807) is 12.1 Å². The first-order chi connectivity index (χ1) is 7.25. The topological polar surface area (TPSA) is 38.3 Å². The monoisotopic (exact) mass is 209 g/mol. The van der Waals surface area contributed by atoms with Crippen molar-refractivity contribution in [3.8, 4) is 0 Å². The molecule has 1 fully saturated rings. The van der Waals surface area contributed by atoms with Crippen LogP contribution in [0.15, 0.2) is 24.3 Å². The molecule has 80 valence electrons. The number of ether oxygens (including phenoxy) is 1. The fourth-order valence-corrected chi connectivity index (χ4v) is 1.59. The van der Waals surface area contributed by atoms with E-state index < -0.39 is 0 Å². The van der Waals surface area contributed by atoms with Gasteiger partial charge in [-0.25, -0.2) is 4.39 Å². The molecule has 1 heterocycles. The number of amides is 1. The Bertz CT molecular complexity index is 350. The smallest absolute Gasteiger partial charge is 0.246 e. The summed E-state index contributed by atoms with van der Waals surface area (Å²) in [6, 6.07) is 6.18. The van der Waals surface area contributed by atoms with E-state index in [0.29, 0.717) is 6.54 Å². The highest BCUT2D eigenvalue weighted by molar-refractivity contribution is 5.77. The molecule has 1 N–H and O–H groups in total. The first-order valence-electron chi connectivity index (χ1n) is 4.89. The Morgan fingerprint density at radius 3 is 2.80 bits per heavy atom. The molecule has 1 amide bonds. The Kier molecular flexibility index (Phi) is 2.97. The molecule has 0 saturated carbocycles. The summed E-state index contributed by atoms with van der Waals surface area (Å²) in [6.45, 7) is 0.670. The second-order valence-electron chi connectivity index (χ2n) is 3.49. The Balaban J connectivity index is 2.09. The van der Waals surface area contributed by atoms with Crippen molar-refractivity contribution in [2.75, 3.05) is 13.2 Å². The molecule has 4 heteroatoms. The molecule has 1 aromatic carbocycles. The summed E-state index contributed by atoms with van der Waals surface area (Å²) >= 11 is 0. The van der Waals surface area contributed by atoms with Gasteiger partial charge in [-0.3, -0.25) is 4.79 Å². The molecule has 0 radical (unpaired) electrons. The van der Waals surface area contributed by atoms with Crippen molar-refractivity contribution in [2.45, 2.75) is 12.5 Å². The standard InChI is InChI=1S/C11H12FNO2/c12-9-3-1-8(2-4-9)10-5-6-13-11(14)7-15-10/h1-4,10H,5-7H2,(H,13,14). The average Bonchev–Trinajstić information content (AvgIpc) is 2.44. The zero-order valence-electron chi connectivity index (χ0n) is 8.20. The van der Waals surface area contributed by atoms with Crippen molar-refractivity contribution in [1.82, 2.24) is 5.32 Å². The summed E-state index contributed by atoms with van der Waals surface area (Å²) in [5.41, 5.74) is 0.910. The van der Waals surface area contributed by atoms with E-state index in [4.69, 9.17) is 4.74 Å². The largest absolute Gasteiger partial charge is 0.364 e. The number of hydrogen-bond acceptors (Lipinski definition) is 2. The van der Waals surface area contributed by atoms with Crippen molar-refractivity contribution >= 4 is 5.91 Å². The molecule has 1 atom stereocenters. The van der Waals surface area contributed by atoms with E-state index in [-0.39, 0.29) is 24.4 Å². The maximum absolute atomic E-state index is 12.7. The lowest BCUT2D eigenvalue weighted by atomic mass is 10.1. The fourth-order valence-electron chi connectivity index (χ4n) is 1.59. The van der Waals surface area contributed by atoms with Gasteiger partial charge in [0, 0.05) is 6.54 Å². The number of rotatable bonds is 1. The quantitative estimate of drug-likeness (QED) is 0.759. The van der Waals surface area contributed by atoms with Crippen LogP contribution >= 0.6 is 0 Å². The van der Waals surface area contributed by atoms with Gasteiger partial charge in [0.25, 0.3) is 0 Å². The van der Waals surface area contributed by atoms with Crippen molar-refractivity contribution < 1.29 is 13.9 Å². The van der Waals surface area contributed by atoms with Gasteiger partial charge in [-0.15, -0.1) is 0 Å². The molecule has 1 unspecified atom stereocenters. The van der Waals surface area contributed by atoms with E-state index >= 15 is 0 Å². The maximum atomic E-state index is 12.7. The van der Waals surface area contributed by atoms with Crippen LogP contribution in [0.1, 0.15) is 18.1 Å². The second-order valence-corrected chi connectivity index (χ2v) is 3.49. The van der Waals surface area contributed by atoms with Crippen LogP contribution in [-0.4, -0.2) is 19.1 Å². The van der Waals surface area contributed by atoms with Crippen LogP contribution in [0, 0.1) is 5.82 Å². The zero-order chi connectivity index (χ0) is 10.7. The predicted octanol–water partition coefficient (Wildman–Crippen LogP) is 1.40. The molecular weight excluding hydrogens is 197 g/mol. The summed E-state index contributed by atoms with van der Waals surface area (Å²) in [4.78, 5) is 11.0. The Morgan fingerprint density at radius 1 is 1.33 bits per heavy atom. The van der Waals surface area contributed by atoms with Crippen molar-refractivity contribution in [3.63, 3.8) is 0 Å². The number of benzene rings is 1. The predicted molar refractivity (Wildman–Crippen MR) is 52.7 cm³/mol. The van der Waals surface area contributed by atoms with Crippen molar-refractivity contribution in [1.29, 1.82) is 0 Å². The molecule has 0 aromatic heterocycles. The summed E-state index contributed by atoms with van der Waals surface area (Å²) in [6.07, 6.45) is 0.599. The van der Waals surface area contributed by atoms with E-state index in [2.05, 4.69) is 5.32 Å². The number of halogens is 1. The van der Waals surface area contributed by atoms with E-state index in [9.17, 15) is 9.18 Å². The first-order valence-corrected chi connectivity index (χ1v) is 4.89. The number of carbonyl (C=O) groups excluding carboxylic acids is 1. The lowest BCUT2D eigenvalue weighted by molar-refractivity contribution is -0.125. The molecule has 0 bridgehead atoms. The first kappa shape index (κ1) is 10.1. The van der Waals surface area contributed by atoms with Crippen LogP contribution < -0.4 is 5.32 Å². The summed E-state index contributed by atoms with van der Waals surface area (Å²) < 4.78 is 18.1. The maximum Gasteiger partial charge on any atom is 0.246 e. The minimum Gasteiger partial charge on any atom is -0.364 e. The molecular formula is C11H12FNO2. The fraction of sp³-hybridized carbons (Fsp3) is 0.364. The Labute approximate surface area is 87.2 Å². The highest BCUT2D eigenvalue weighted by Gasteiger charge is 2.17. The molecule has 1 aromatic rings. The van der Waals surface area contributed by atoms with Gasteiger partial charge >= 0.3 is 0 Å². The third-order valence-electron chi connectivity index (χ3n) is 2.39. The van der Waals surface area contributed by atoms with Gasteiger partial charge in [0.1, 0.15) is 12.4 Å². The zero-order valence-corrected chi connectivity index (χ0v) is 8.20. The van der Waals surface area contributed by atoms with Gasteiger partial charge in [0.15, 0.2) is 0 Å². The van der Waals surface area contributed by atoms with Gasteiger partial charge < -0.3 is 10.1 Å². The van der Waals surface area contributed by atoms with Crippen LogP contribution in [0.2, 0.25) is 0 Å². The van der Waals surface area contributed by atoms with Crippen LogP contribution in [-0.2, 0) is 9.53 Å². The third kappa shape index (κ3) is 2.53. The molecule has 15 heavy (non-hydrogen) atoms. The van der Waals surface area contributed by atoms with Crippen molar-refractivity contribution in [3.05, 3.63) is 35.6 Å². The SMILES string of the molecule is O=C1COC(c2ccc(F)cc2)CCN1. The van der Waals surface area contributed by atoms with Gasteiger partial charge in [-0.05, 0) is 24.1 Å². The molecule has 0 spiro atoms. The average molecular weight is 209 g/mol. The van der Waals surface area contributed by atoms with Crippen LogP contribution in [0.4, 0.5) is 4.39 Å². The van der Waals surface area contributed by atoms with Crippen LogP contribution in [0.5, 0.6) is 0 Å². The van der Waals surface area contributed by atoms with Gasteiger partial charge in [0.2, 0.25) is 5.91 Å². The number of carbonyl (C=O) groups is 1. The highest BCUT2D eigenvalue weighted by Crippen LogP contribution is 2.22. The second kappa shape index (κ2) is 4.40. The van der Waals surface area contributed by atoms with E-state index in [1.165, 1.54) is 12.1 Å². The molecule has 3 nitrogen and oxygen atoms in total. The third-order valence-corrected chi connectivity index (χ3v) is 2.39. The van der Waals surface area contributed by atoms with Gasteiger partial charge in [-0.2, -0.15) is 0 Å². The summed E-state index contributed by atoms with van der Waals surface area (Å²) in [5.74, 6) is -0.360. The molecule has 0 aliphatic carbocycles. The lowest BCUT2D eigenvalue weighted by Gasteiger charge is -2.13. The van der Waals surface area contributed by atoms with E-state index in [0.717, 1.165) is 12.0 Å². The molecule has 1 saturated heterocycles. The number of nitrogens with one attached hydrogen (secondary N) is 1. The molecule has 2 rings (SSSR count). The molecule has 1 aliphatic rings. The van der Waals surface area contributed by atoms with Crippen LogP contribution in [0.25, 0.3) is 0 Å².